The highest BCUT2D eigenvalue weighted by atomic mass is 16.6. The molecule has 0 bridgehead atoms. The monoisotopic (exact) mass is 466 g/mol. The molecule has 2 saturated carbocycles. The van der Waals surface area contributed by atoms with E-state index < -0.39 is 70.9 Å². The van der Waals surface area contributed by atoms with Gasteiger partial charge < -0.3 is 34.6 Å². The Morgan fingerprint density at radius 2 is 1.73 bits per heavy atom. The van der Waals surface area contributed by atoms with E-state index in [0.717, 1.165) is 0 Å². The minimum atomic E-state index is -1.53. The number of carbonyl (C=O) groups excluding carboxylic acids is 2. The Kier molecular flexibility index (Phi) is 5.62. The van der Waals surface area contributed by atoms with E-state index in [9.17, 15) is 30.0 Å². The standard InChI is InChI=1S/C24H34O9/c1-10(2)23-8-14(32-12(4)25)11(3)17(23)18(29)20(30)22(6)15(27)7-16(28)24(33-13(5)26)9-31-21(23)19(22)24/h14-16,18-21,27-30H,1,7-9H2,2-6H3/t14-,15-,16-,18+,19-,20-,21-,22+,23-,24-/m0/s1. The number of hydrogen-bond acceptors (Lipinski definition) is 9. The van der Waals surface area contributed by atoms with E-state index in [4.69, 9.17) is 14.2 Å². The SMILES string of the molecule is C=C(C)[C@@]12C[C@H](OC(C)=O)C(C)=C1[C@@H](O)[C@H](O)[C@@]1(C)[C@@H]3[C@@H]2OC[C@]3(OC(C)=O)[C@@H](O)C[C@@H]1O. The minimum Gasteiger partial charge on any atom is -0.458 e. The summed E-state index contributed by atoms with van der Waals surface area (Å²) in [5.74, 6) is -1.99. The van der Waals surface area contributed by atoms with Crippen LogP contribution in [0.1, 0.15) is 47.5 Å². The summed E-state index contributed by atoms with van der Waals surface area (Å²) in [6.45, 7) is 11.7. The van der Waals surface area contributed by atoms with Crippen LogP contribution in [0.15, 0.2) is 23.3 Å². The molecule has 1 aliphatic heterocycles. The summed E-state index contributed by atoms with van der Waals surface area (Å²) in [6.07, 6.45) is -6.80. The van der Waals surface area contributed by atoms with Crippen molar-refractivity contribution in [1.82, 2.24) is 0 Å². The molecule has 1 heterocycles. The highest BCUT2D eigenvalue weighted by Gasteiger charge is 2.76. The quantitative estimate of drug-likeness (QED) is 0.343. The molecule has 0 amide bonds. The van der Waals surface area contributed by atoms with E-state index in [0.29, 0.717) is 16.7 Å². The summed E-state index contributed by atoms with van der Waals surface area (Å²) in [5, 5.41) is 45.3. The molecule has 10 atom stereocenters. The molecular weight excluding hydrogens is 432 g/mol. The van der Waals surface area contributed by atoms with Gasteiger partial charge in [0, 0.05) is 43.4 Å². The number of rotatable bonds is 3. The zero-order valence-corrected chi connectivity index (χ0v) is 19.7. The Morgan fingerprint density at radius 3 is 2.27 bits per heavy atom. The van der Waals surface area contributed by atoms with E-state index in [2.05, 4.69) is 6.58 Å². The molecule has 1 saturated heterocycles. The minimum absolute atomic E-state index is 0.145. The fourth-order valence-electron chi connectivity index (χ4n) is 7.25. The lowest BCUT2D eigenvalue weighted by Gasteiger charge is -2.56. The topological polar surface area (TPSA) is 143 Å². The van der Waals surface area contributed by atoms with Gasteiger partial charge in [0.15, 0.2) is 5.60 Å². The van der Waals surface area contributed by atoms with Crippen LogP contribution in [0.3, 0.4) is 0 Å². The molecule has 0 unspecified atom stereocenters. The van der Waals surface area contributed by atoms with Gasteiger partial charge in [-0.25, -0.2) is 0 Å². The second-order valence-corrected chi connectivity index (χ2v) is 10.4. The van der Waals surface area contributed by atoms with E-state index in [1.54, 1.807) is 20.8 Å². The normalized spacial score (nSPS) is 48.6. The molecular formula is C24H34O9. The molecule has 0 aromatic carbocycles. The van der Waals surface area contributed by atoms with Crippen molar-refractivity contribution in [3.63, 3.8) is 0 Å². The molecule has 3 aliphatic carbocycles. The van der Waals surface area contributed by atoms with Crippen LogP contribution in [0.25, 0.3) is 0 Å². The zero-order chi connectivity index (χ0) is 24.7. The van der Waals surface area contributed by atoms with Gasteiger partial charge >= 0.3 is 11.9 Å². The molecule has 0 aromatic rings. The van der Waals surface area contributed by atoms with Crippen molar-refractivity contribution in [2.45, 2.75) is 89.7 Å². The predicted octanol–water partition coefficient (Wildman–Crippen LogP) is 0.385. The van der Waals surface area contributed by atoms with Crippen molar-refractivity contribution < 1.29 is 44.2 Å². The summed E-state index contributed by atoms with van der Waals surface area (Å²) in [4.78, 5) is 24.0. The summed E-state index contributed by atoms with van der Waals surface area (Å²) in [6, 6.07) is 0. The number of fused-ring (bicyclic) bond motifs is 2. The lowest BCUT2D eigenvalue weighted by molar-refractivity contribution is -0.244. The van der Waals surface area contributed by atoms with Crippen molar-refractivity contribution in [3.8, 4) is 0 Å². The molecule has 33 heavy (non-hydrogen) atoms. The molecule has 3 fully saturated rings. The second-order valence-electron chi connectivity index (χ2n) is 10.4. The molecule has 9 nitrogen and oxygen atoms in total. The van der Waals surface area contributed by atoms with Gasteiger partial charge in [0.1, 0.15) is 12.2 Å². The van der Waals surface area contributed by atoms with Gasteiger partial charge in [-0.1, -0.05) is 19.1 Å². The van der Waals surface area contributed by atoms with Crippen molar-refractivity contribution in [2.75, 3.05) is 6.61 Å². The van der Waals surface area contributed by atoms with E-state index in [1.165, 1.54) is 13.8 Å². The number of hydrogen-bond donors (Lipinski definition) is 4. The maximum Gasteiger partial charge on any atom is 0.303 e. The van der Waals surface area contributed by atoms with E-state index in [-0.39, 0.29) is 19.4 Å². The summed E-state index contributed by atoms with van der Waals surface area (Å²) < 4.78 is 17.6. The Hall–Kier alpha value is -1.78. The van der Waals surface area contributed by atoms with Crippen molar-refractivity contribution in [3.05, 3.63) is 23.3 Å². The zero-order valence-electron chi connectivity index (χ0n) is 19.7. The van der Waals surface area contributed by atoms with Gasteiger partial charge in [0.25, 0.3) is 0 Å². The van der Waals surface area contributed by atoms with Gasteiger partial charge in [-0.3, -0.25) is 9.59 Å². The summed E-state index contributed by atoms with van der Waals surface area (Å²) in [5.41, 5.74) is -2.35. The van der Waals surface area contributed by atoms with E-state index >= 15 is 0 Å². The van der Waals surface area contributed by atoms with Crippen LogP contribution in [0, 0.1) is 16.7 Å². The van der Waals surface area contributed by atoms with Gasteiger partial charge in [-0.05, 0) is 25.0 Å². The maximum absolute atomic E-state index is 12.2. The van der Waals surface area contributed by atoms with Crippen LogP contribution in [0.5, 0.6) is 0 Å². The molecule has 9 heteroatoms. The smallest absolute Gasteiger partial charge is 0.303 e. The number of aliphatic hydroxyl groups excluding tert-OH is 4. The van der Waals surface area contributed by atoms with E-state index in [1.807, 2.05) is 0 Å². The largest absolute Gasteiger partial charge is 0.458 e. The lowest BCUT2D eigenvalue weighted by atomic mass is 9.53. The molecule has 0 aromatic heterocycles. The van der Waals surface area contributed by atoms with Crippen LogP contribution in [0.4, 0.5) is 0 Å². The van der Waals surface area contributed by atoms with Crippen molar-refractivity contribution in [2.24, 2.45) is 16.7 Å². The fraction of sp³-hybridized carbons (Fsp3) is 0.750. The first-order valence-corrected chi connectivity index (χ1v) is 11.3. The average Bonchev–Trinajstić information content (AvgIpc) is 3.20. The number of ether oxygens (including phenoxy) is 3. The Labute approximate surface area is 193 Å². The molecule has 0 spiro atoms. The molecule has 4 rings (SSSR count). The van der Waals surface area contributed by atoms with Crippen LogP contribution < -0.4 is 0 Å². The number of aliphatic hydroxyl groups is 4. The average molecular weight is 467 g/mol. The first-order valence-electron chi connectivity index (χ1n) is 11.3. The number of esters is 2. The first kappa shape index (κ1) is 24.3. The fourth-order valence-corrected chi connectivity index (χ4v) is 7.25. The Balaban J connectivity index is 2.01. The maximum atomic E-state index is 12.2. The highest BCUT2D eigenvalue weighted by Crippen LogP contribution is 2.67. The third-order valence-corrected chi connectivity index (χ3v) is 8.73. The molecule has 4 aliphatic rings. The molecule has 4 N–H and O–H groups in total. The van der Waals surface area contributed by atoms with Crippen molar-refractivity contribution >= 4 is 11.9 Å². The highest BCUT2D eigenvalue weighted by molar-refractivity contribution is 5.67. The Morgan fingerprint density at radius 1 is 1.09 bits per heavy atom. The van der Waals surface area contributed by atoms with Gasteiger partial charge in [0.05, 0.1) is 31.0 Å². The van der Waals surface area contributed by atoms with Gasteiger partial charge in [-0.15, -0.1) is 0 Å². The van der Waals surface area contributed by atoms with Crippen LogP contribution >= 0.6 is 0 Å². The third-order valence-electron chi connectivity index (χ3n) is 8.73. The lowest BCUT2D eigenvalue weighted by Crippen LogP contribution is -2.69. The first-order chi connectivity index (χ1) is 15.2. The van der Waals surface area contributed by atoms with Crippen molar-refractivity contribution in [1.29, 1.82) is 0 Å². The predicted molar refractivity (Wildman–Crippen MR) is 115 cm³/mol. The van der Waals surface area contributed by atoms with Gasteiger partial charge in [0.2, 0.25) is 0 Å². The second kappa shape index (κ2) is 7.61. The van der Waals surface area contributed by atoms with Crippen LogP contribution in [0.2, 0.25) is 0 Å². The van der Waals surface area contributed by atoms with Crippen LogP contribution in [-0.4, -0.2) is 81.2 Å². The third kappa shape index (κ3) is 2.96. The molecule has 0 radical (unpaired) electrons. The summed E-state index contributed by atoms with van der Waals surface area (Å²) in [7, 11) is 0. The Bertz CT molecular complexity index is 927. The van der Waals surface area contributed by atoms with Crippen LogP contribution in [-0.2, 0) is 23.8 Å². The summed E-state index contributed by atoms with van der Waals surface area (Å²) >= 11 is 0. The number of carbonyl (C=O) groups is 2. The van der Waals surface area contributed by atoms with Gasteiger partial charge in [-0.2, -0.15) is 0 Å². The molecule has 184 valence electrons.